The molecular weight excluding hydrogens is 246 g/mol. The molecule has 0 aromatic carbocycles. The average molecular weight is 273 g/mol. The summed E-state index contributed by atoms with van der Waals surface area (Å²) in [4.78, 5) is 22.7. The molecule has 0 aliphatic heterocycles. The molecule has 1 unspecified atom stereocenters. The Morgan fingerprint density at radius 3 is 2.37 bits per heavy atom. The molecule has 0 aromatic heterocycles. The van der Waals surface area contributed by atoms with E-state index < -0.39 is 11.7 Å². The lowest BCUT2D eigenvalue weighted by molar-refractivity contribution is -0.120. The maximum Gasteiger partial charge on any atom is 0.407 e. The largest absolute Gasteiger partial charge is 0.444 e. The highest BCUT2D eigenvalue weighted by Crippen LogP contribution is 2.06. The van der Waals surface area contributed by atoms with Gasteiger partial charge in [0.05, 0.1) is 6.54 Å². The number of alkyl carbamates (subject to hydrolysis) is 1. The van der Waals surface area contributed by atoms with Gasteiger partial charge in [0, 0.05) is 19.1 Å². The molecule has 0 saturated carbocycles. The van der Waals surface area contributed by atoms with E-state index in [4.69, 9.17) is 4.74 Å². The monoisotopic (exact) mass is 273 g/mol. The number of hydrogen-bond donors (Lipinski definition) is 3. The van der Waals surface area contributed by atoms with Crippen LogP contribution in [0.4, 0.5) is 4.79 Å². The maximum atomic E-state index is 11.4. The number of carbonyl (C=O) groups is 2. The second kappa shape index (κ2) is 8.74. The first-order chi connectivity index (χ1) is 8.74. The molecule has 0 saturated heterocycles. The van der Waals surface area contributed by atoms with Crippen molar-refractivity contribution in [3.8, 4) is 0 Å². The number of hydrogen-bond acceptors (Lipinski definition) is 4. The van der Waals surface area contributed by atoms with Crippen molar-refractivity contribution in [3.63, 3.8) is 0 Å². The minimum Gasteiger partial charge on any atom is -0.444 e. The second-order valence-corrected chi connectivity index (χ2v) is 5.51. The van der Waals surface area contributed by atoms with Crippen molar-refractivity contribution >= 4 is 12.0 Å². The quantitative estimate of drug-likeness (QED) is 0.647. The minimum absolute atomic E-state index is 0.0000973. The fourth-order valence-electron chi connectivity index (χ4n) is 1.22. The Morgan fingerprint density at radius 2 is 1.84 bits per heavy atom. The van der Waals surface area contributed by atoms with Crippen LogP contribution >= 0.6 is 0 Å². The van der Waals surface area contributed by atoms with Crippen LogP contribution in [0.3, 0.4) is 0 Å². The molecule has 0 fully saturated rings. The molecule has 112 valence electrons. The van der Waals surface area contributed by atoms with Crippen LogP contribution < -0.4 is 16.0 Å². The first-order valence-electron chi connectivity index (χ1n) is 6.71. The van der Waals surface area contributed by atoms with Gasteiger partial charge in [-0.05, 0) is 34.1 Å². The molecule has 3 N–H and O–H groups in total. The van der Waals surface area contributed by atoms with E-state index in [1.54, 1.807) is 0 Å². The van der Waals surface area contributed by atoms with Crippen LogP contribution in [0.5, 0.6) is 0 Å². The van der Waals surface area contributed by atoms with Crippen LogP contribution in [0.2, 0.25) is 0 Å². The van der Waals surface area contributed by atoms with E-state index >= 15 is 0 Å². The van der Waals surface area contributed by atoms with Crippen LogP contribution in [0, 0.1) is 0 Å². The van der Waals surface area contributed by atoms with Crippen LogP contribution in [0.25, 0.3) is 0 Å². The molecule has 2 amide bonds. The lowest BCUT2D eigenvalue weighted by Gasteiger charge is -2.21. The SMILES string of the molecule is CCCNC(=O)CNC(C)CNC(=O)OC(C)(C)C. The summed E-state index contributed by atoms with van der Waals surface area (Å²) in [5.74, 6) is -0.0361. The number of rotatable bonds is 7. The van der Waals surface area contributed by atoms with Crippen LogP contribution in [0.1, 0.15) is 41.0 Å². The van der Waals surface area contributed by atoms with Crippen LogP contribution in [0.15, 0.2) is 0 Å². The van der Waals surface area contributed by atoms with Gasteiger partial charge in [-0.1, -0.05) is 6.92 Å². The van der Waals surface area contributed by atoms with Gasteiger partial charge in [0.15, 0.2) is 0 Å². The second-order valence-electron chi connectivity index (χ2n) is 5.51. The molecule has 1 atom stereocenters. The van der Waals surface area contributed by atoms with Crippen LogP contribution in [-0.4, -0.2) is 43.3 Å². The van der Waals surface area contributed by atoms with E-state index in [-0.39, 0.29) is 18.5 Å². The van der Waals surface area contributed by atoms with Crippen molar-refractivity contribution in [3.05, 3.63) is 0 Å². The first kappa shape index (κ1) is 17.7. The third-order valence-electron chi connectivity index (χ3n) is 2.13. The first-order valence-corrected chi connectivity index (χ1v) is 6.71. The highest BCUT2D eigenvalue weighted by molar-refractivity contribution is 5.77. The van der Waals surface area contributed by atoms with Crippen molar-refractivity contribution < 1.29 is 14.3 Å². The molecule has 6 heteroatoms. The summed E-state index contributed by atoms with van der Waals surface area (Å²) in [7, 11) is 0. The molecule has 0 bridgehead atoms. The highest BCUT2D eigenvalue weighted by Gasteiger charge is 2.16. The van der Waals surface area contributed by atoms with Gasteiger partial charge >= 0.3 is 6.09 Å². The Kier molecular flexibility index (Phi) is 8.14. The van der Waals surface area contributed by atoms with Gasteiger partial charge in [-0.15, -0.1) is 0 Å². The van der Waals surface area contributed by atoms with Gasteiger partial charge in [-0.25, -0.2) is 4.79 Å². The molecule has 0 spiro atoms. The van der Waals surface area contributed by atoms with Gasteiger partial charge in [-0.2, -0.15) is 0 Å². The van der Waals surface area contributed by atoms with E-state index in [1.165, 1.54) is 0 Å². The van der Waals surface area contributed by atoms with Gasteiger partial charge in [0.2, 0.25) is 5.91 Å². The standard InChI is InChI=1S/C13H27N3O3/c1-6-7-14-11(17)9-15-10(2)8-16-12(18)19-13(3,4)5/h10,15H,6-9H2,1-5H3,(H,14,17)(H,16,18). The van der Waals surface area contributed by atoms with Crippen molar-refractivity contribution in [1.29, 1.82) is 0 Å². The third-order valence-corrected chi connectivity index (χ3v) is 2.13. The smallest absolute Gasteiger partial charge is 0.407 e. The van der Waals surface area contributed by atoms with Crippen molar-refractivity contribution in [2.75, 3.05) is 19.6 Å². The summed E-state index contributed by atoms with van der Waals surface area (Å²) < 4.78 is 5.11. The van der Waals surface area contributed by atoms with E-state index in [0.29, 0.717) is 13.1 Å². The Hall–Kier alpha value is -1.30. The molecule has 19 heavy (non-hydrogen) atoms. The molecule has 6 nitrogen and oxygen atoms in total. The van der Waals surface area contributed by atoms with Gasteiger partial charge in [-0.3, -0.25) is 4.79 Å². The molecule has 0 aliphatic rings. The Morgan fingerprint density at radius 1 is 1.21 bits per heavy atom. The summed E-state index contributed by atoms with van der Waals surface area (Å²) in [6.07, 6.45) is 0.471. The molecule has 0 radical (unpaired) electrons. The summed E-state index contributed by atoms with van der Waals surface area (Å²) in [5, 5.41) is 8.45. The zero-order valence-electron chi connectivity index (χ0n) is 12.6. The molecular formula is C13H27N3O3. The van der Waals surface area contributed by atoms with Gasteiger partial charge in [0.25, 0.3) is 0 Å². The topological polar surface area (TPSA) is 79.5 Å². The van der Waals surface area contributed by atoms with Crippen molar-refractivity contribution in [2.45, 2.75) is 52.7 Å². The predicted octanol–water partition coefficient (Wildman–Crippen LogP) is 1.02. The lowest BCUT2D eigenvalue weighted by atomic mass is 10.2. The zero-order valence-corrected chi connectivity index (χ0v) is 12.6. The van der Waals surface area contributed by atoms with E-state index in [9.17, 15) is 9.59 Å². The lowest BCUT2D eigenvalue weighted by Crippen LogP contribution is -2.44. The summed E-state index contributed by atoms with van der Waals surface area (Å²) in [6.45, 7) is 10.7. The van der Waals surface area contributed by atoms with E-state index in [2.05, 4.69) is 16.0 Å². The van der Waals surface area contributed by atoms with Crippen molar-refractivity contribution in [2.24, 2.45) is 0 Å². The van der Waals surface area contributed by atoms with E-state index in [0.717, 1.165) is 6.42 Å². The number of carbonyl (C=O) groups excluding carboxylic acids is 2. The predicted molar refractivity (Wildman–Crippen MR) is 75.0 cm³/mol. The molecule has 0 aromatic rings. The highest BCUT2D eigenvalue weighted by atomic mass is 16.6. The van der Waals surface area contributed by atoms with Crippen molar-refractivity contribution in [1.82, 2.24) is 16.0 Å². The Balaban J connectivity index is 3.72. The van der Waals surface area contributed by atoms with Crippen LogP contribution in [-0.2, 0) is 9.53 Å². The molecule has 0 aliphatic carbocycles. The Bertz CT molecular complexity index is 287. The number of nitrogens with one attached hydrogen (secondary N) is 3. The number of amides is 2. The third kappa shape index (κ3) is 11.5. The zero-order chi connectivity index (χ0) is 14.9. The van der Waals surface area contributed by atoms with E-state index in [1.807, 2.05) is 34.6 Å². The van der Waals surface area contributed by atoms with Gasteiger partial charge < -0.3 is 20.7 Å². The summed E-state index contributed by atoms with van der Waals surface area (Å²) in [5.41, 5.74) is -0.499. The molecule has 0 heterocycles. The minimum atomic E-state index is -0.499. The summed E-state index contributed by atoms with van der Waals surface area (Å²) >= 11 is 0. The summed E-state index contributed by atoms with van der Waals surface area (Å²) in [6, 6.07) is -0.0000973. The fraction of sp³-hybridized carbons (Fsp3) is 0.846. The molecule has 0 rings (SSSR count). The van der Waals surface area contributed by atoms with Gasteiger partial charge in [0.1, 0.15) is 5.60 Å². The number of ether oxygens (including phenoxy) is 1. The fourth-order valence-corrected chi connectivity index (χ4v) is 1.22. The average Bonchev–Trinajstić information content (AvgIpc) is 2.29. The maximum absolute atomic E-state index is 11.4. The Labute approximate surface area is 115 Å². The normalized spacial score (nSPS) is 12.7.